The molecular weight excluding hydrogens is 468 g/mol. The molecule has 1 aromatic heterocycles. The van der Waals surface area contributed by atoms with E-state index in [1.165, 1.54) is 0 Å². The van der Waals surface area contributed by atoms with E-state index in [1.807, 2.05) is 19.9 Å². The quantitative estimate of drug-likeness (QED) is 0.513. The van der Waals surface area contributed by atoms with E-state index in [1.54, 1.807) is 12.1 Å². The second-order valence-electron chi connectivity index (χ2n) is 6.65. The predicted octanol–water partition coefficient (Wildman–Crippen LogP) is 3.04. The minimum atomic E-state index is -3.76. The van der Waals surface area contributed by atoms with Crippen molar-refractivity contribution in [1.82, 2.24) is 10.3 Å². The van der Waals surface area contributed by atoms with Crippen LogP contribution in [-0.2, 0) is 24.2 Å². The van der Waals surface area contributed by atoms with Crippen molar-refractivity contribution < 1.29 is 22.7 Å². The maximum atomic E-state index is 12.5. The van der Waals surface area contributed by atoms with Crippen LogP contribution in [0.2, 0.25) is 0 Å². The van der Waals surface area contributed by atoms with Gasteiger partial charge in [0.2, 0.25) is 5.91 Å². The Balaban J connectivity index is 2.04. The van der Waals surface area contributed by atoms with E-state index < -0.39 is 21.0 Å². The molecule has 0 saturated heterocycles. The number of carbonyl (C=O) groups excluding carboxylic acids is 2. The van der Waals surface area contributed by atoms with Crippen molar-refractivity contribution >= 4 is 59.0 Å². The SMILES string of the molecule is CC(C)OCCCC(=O)CNC(=O)C(c1nc2ccc(Br)cc2s1)S(C)(=O)=O. The molecule has 2 aromatic rings. The van der Waals surface area contributed by atoms with Gasteiger partial charge in [-0.1, -0.05) is 15.9 Å². The van der Waals surface area contributed by atoms with Gasteiger partial charge in [0.1, 0.15) is 5.01 Å². The van der Waals surface area contributed by atoms with Crippen LogP contribution in [0, 0.1) is 0 Å². The van der Waals surface area contributed by atoms with Gasteiger partial charge in [0.05, 0.1) is 22.9 Å². The zero-order valence-electron chi connectivity index (χ0n) is 15.9. The lowest BCUT2D eigenvalue weighted by molar-refractivity contribution is -0.125. The molecule has 7 nitrogen and oxygen atoms in total. The number of hydrogen-bond acceptors (Lipinski definition) is 7. The van der Waals surface area contributed by atoms with Crippen LogP contribution < -0.4 is 5.32 Å². The largest absolute Gasteiger partial charge is 0.379 e. The van der Waals surface area contributed by atoms with Crippen LogP contribution in [0.4, 0.5) is 0 Å². The number of aromatic nitrogens is 1. The van der Waals surface area contributed by atoms with Gasteiger partial charge in [0, 0.05) is 23.8 Å². The molecule has 1 unspecified atom stereocenters. The number of hydrogen-bond donors (Lipinski definition) is 1. The fraction of sp³-hybridized carbons (Fsp3) is 0.500. The molecule has 2 rings (SSSR count). The third-order valence-corrected chi connectivity index (χ3v) is 6.79. The lowest BCUT2D eigenvalue weighted by Gasteiger charge is -2.12. The topological polar surface area (TPSA) is 102 Å². The standard InChI is InChI=1S/C18H23BrN2O5S2/c1-11(2)26-8-4-5-13(22)10-20-17(23)16(28(3,24)25)18-21-14-7-6-12(19)9-15(14)27-18/h6-7,9,11,16H,4-5,8,10H2,1-3H3,(H,20,23). The molecule has 0 fully saturated rings. The van der Waals surface area contributed by atoms with Crippen molar-refractivity contribution in [2.45, 2.75) is 38.0 Å². The second kappa shape index (κ2) is 9.91. The van der Waals surface area contributed by atoms with Crippen LogP contribution in [0.15, 0.2) is 22.7 Å². The van der Waals surface area contributed by atoms with Crippen molar-refractivity contribution in [3.05, 3.63) is 27.7 Å². The van der Waals surface area contributed by atoms with Crippen LogP contribution in [-0.4, -0.2) is 50.6 Å². The highest BCUT2D eigenvalue weighted by Crippen LogP contribution is 2.32. The first kappa shape index (κ1) is 22.9. The summed E-state index contributed by atoms with van der Waals surface area (Å²) in [4.78, 5) is 28.8. The van der Waals surface area contributed by atoms with E-state index in [0.717, 1.165) is 26.8 Å². The first-order chi connectivity index (χ1) is 13.1. The third kappa shape index (κ3) is 6.61. The molecule has 0 aliphatic carbocycles. The molecule has 0 aliphatic heterocycles. The molecule has 1 heterocycles. The molecule has 28 heavy (non-hydrogen) atoms. The van der Waals surface area contributed by atoms with Crippen LogP contribution in [0.5, 0.6) is 0 Å². The van der Waals surface area contributed by atoms with Gasteiger partial charge < -0.3 is 10.1 Å². The Kier molecular flexibility index (Phi) is 8.11. The van der Waals surface area contributed by atoms with Crippen molar-refractivity contribution in [3.63, 3.8) is 0 Å². The number of nitrogens with zero attached hydrogens (tertiary/aromatic N) is 1. The van der Waals surface area contributed by atoms with Gasteiger partial charge >= 0.3 is 0 Å². The number of thiazole rings is 1. The number of sulfone groups is 1. The average molecular weight is 491 g/mol. The summed E-state index contributed by atoms with van der Waals surface area (Å²) < 4.78 is 31.4. The van der Waals surface area contributed by atoms with Gasteiger partial charge in [0.25, 0.3) is 0 Å². The molecule has 1 N–H and O–H groups in total. The molecule has 154 valence electrons. The number of halogens is 1. The highest BCUT2D eigenvalue weighted by Gasteiger charge is 2.34. The first-order valence-electron chi connectivity index (χ1n) is 8.74. The highest BCUT2D eigenvalue weighted by molar-refractivity contribution is 9.10. The molecule has 1 atom stereocenters. The van der Waals surface area contributed by atoms with E-state index in [9.17, 15) is 18.0 Å². The number of nitrogens with one attached hydrogen (secondary N) is 1. The van der Waals surface area contributed by atoms with Crippen molar-refractivity contribution in [3.8, 4) is 0 Å². The van der Waals surface area contributed by atoms with Crippen molar-refractivity contribution in [2.24, 2.45) is 0 Å². The number of Topliss-reactive ketones (excluding diaryl/α,β-unsaturated/α-hetero) is 1. The average Bonchev–Trinajstić information content (AvgIpc) is 2.97. The highest BCUT2D eigenvalue weighted by atomic mass is 79.9. The molecule has 0 radical (unpaired) electrons. The first-order valence-corrected chi connectivity index (χ1v) is 12.3. The Hall–Kier alpha value is -1.36. The van der Waals surface area contributed by atoms with Gasteiger partial charge in [-0.2, -0.15) is 0 Å². The fourth-order valence-electron chi connectivity index (χ4n) is 2.47. The Morgan fingerprint density at radius 1 is 1.32 bits per heavy atom. The minimum absolute atomic E-state index is 0.0970. The maximum absolute atomic E-state index is 12.5. The number of amides is 1. The molecule has 0 spiro atoms. The Morgan fingerprint density at radius 2 is 2.04 bits per heavy atom. The number of carbonyl (C=O) groups is 2. The Bertz CT molecular complexity index is 956. The zero-order chi connectivity index (χ0) is 20.9. The van der Waals surface area contributed by atoms with Crippen LogP contribution in [0.3, 0.4) is 0 Å². The summed E-state index contributed by atoms with van der Waals surface area (Å²) in [7, 11) is -3.76. The lowest BCUT2D eigenvalue weighted by Crippen LogP contribution is -2.36. The van der Waals surface area contributed by atoms with Crippen LogP contribution in [0.25, 0.3) is 10.2 Å². The molecule has 1 amide bonds. The van der Waals surface area contributed by atoms with Gasteiger partial charge in [-0.05, 0) is 38.5 Å². The number of benzene rings is 1. The minimum Gasteiger partial charge on any atom is -0.379 e. The summed E-state index contributed by atoms with van der Waals surface area (Å²) in [5.74, 6) is -0.923. The van der Waals surface area contributed by atoms with E-state index in [-0.39, 0.29) is 29.9 Å². The summed E-state index contributed by atoms with van der Waals surface area (Å²) in [6.07, 6.45) is 1.89. The molecule has 1 aromatic carbocycles. The fourth-order valence-corrected chi connectivity index (χ4v) is 5.53. The Labute approximate surface area is 176 Å². The third-order valence-electron chi connectivity index (χ3n) is 3.77. The molecule has 0 aliphatic rings. The number of ketones is 1. The molecule has 10 heteroatoms. The summed E-state index contributed by atoms with van der Waals surface area (Å²) >= 11 is 4.50. The normalized spacial score (nSPS) is 13.0. The lowest BCUT2D eigenvalue weighted by atomic mass is 10.2. The maximum Gasteiger partial charge on any atom is 0.245 e. The summed E-state index contributed by atoms with van der Waals surface area (Å²) in [6, 6.07) is 5.36. The van der Waals surface area contributed by atoms with E-state index in [0.29, 0.717) is 18.5 Å². The number of ether oxygens (including phenoxy) is 1. The van der Waals surface area contributed by atoms with Gasteiger partial charge in [-0.3, -0.25) is 9.59 Å². The second-order valence-corrected chi connectivity index (χ2v) is 10.8. The van der Waals surface area contributed by atoms with Crippen molar-refractivity contribution in [1.29, 1.82) is 0 Å². The summed E-state index contributed by atoms with van der Waals surface area (Å²) in [5, 5.41) is 1.18. The summed E-state index contributed by atoms with van der Waals surface area (Å²) in [6.45, 7) is 4.07. The number of fused-ring (bicyclic) bond motifs is 1. The number of rotatable bonds is 10. The van der Waals surface area contributed by atoms with E-state index in [4.69, 9.17) is 4.74 Å². The van der Waals surface area contributed by atoms with E-state index >= 15 is 0 Å². The van der Waals surface area contributed by atoms with Gasteiger partial charge in [-0.15, -0.1) is 11.3 Å². The Morgan fingerprint density at radius 3 is 2.68 bits per heavy atom. The van der Waals surface area contributed by atoms with E-state index in [2.05, 4.69) is 26.2 Å². The predicted molar refractivity (Wildman–Crippen MR) is 113 cm³/mol. The molecule has 0 saturated carbocycles. The van der Waals surface area contributed by atoms with Crippen LogP contribution in [0.1, 0.15) is 36.9 Å². The van der Waals surface area contributed by atoms with Gasteiger partial charge in [-0.25, -0.2) is 13.4 Å². The summed E-state index contributed by atoms with van der Waals surface area (Å²) in [5.41, 5.74) is 0.617. The molecule has 0 bridgehead atoms. The monoisotopic (exact) mass is 490 g/mol. The molecular formula is C18H23BrN2O5S2. The smallest absolute Gasteiger partial charge is 0.245 e. The van der Waals surface area contributed by atoms with Crippen LogP contribution >= 0.6 is 27.3 Å². The zero-order valence-corrected chi connectivity index (χ0v) is 19.1. The van der Waals surface area contributed by atoms with Gasteiger partial charge in [0.15, 0.2) is 20.9 Å². The van der Waals surface area contributed by atoms with Crippen molar-refractivity contribution in [2.75, 3.05) is 19.4 Å².